The highest BCUT2D eigenvalue weighted by Gasteiger charge is 2.49. The average Bonchev–Trinajstić information content (AvgIpc) is 2.82. The van der Waals surface area contributed by atoms with E-state index < -0.39 is 5.54 Å². The van der Waals surface area contributed by atoms with Crippen LogP contribution >= 0.6 is 0 Å². The molecule has 3 rings (SSSR count). The maximum absolute atomic E-state index is 13.1. The van der Waals surface area contributed by atoms with Crippen molar-refractivity contribution >= 4 is 11.5 Å². The molecule has 20 heavy (non-hydrogen) atoms. The van der Waals surface area contributed by atoms with Gasteiger partial charge in [0, 0.05) is 11.3 Å². The Balaban J connectivity index is 2.18. The van der Waals surface area contributed by atoms with Crippen molar-refractivity contribution in [1.29, 1.82) is 0 Å². The van der Waals surface area contributed by atoms with E-state index in [2.05, 4.69) is 19.2 Å². The molecule has 2 nitrogen and oxygen atoms in total. The van der Waals surface area contributed by atoms with Gasteiger partial charge in [0.25, 0.3) is 0 Å². The third kappa shape index (κ3) is 1.68. The summed E-state index contributed by atoms with van der Waals surface area (Å²) in [5, 5.41) is 3.52. The van der Waals surface area contributed by atoms with Crippen LogP contribution in [-0.2, 0) is 5.54 Å². The Morgan fingerprint density at radius 3 is 2.35 bits per heavy atom. The number of ketones is 1. The number of Topliss-reactive ketones (excluding diaryl/α,β-unsaturated/α-hetero) is 1. The van der Waals surface area contributed by atoms with Crippen LogP contribution in [0.25, 0.3) is 0 Å². The number of carbonyl (C=O) groups is 1. The van der Waals surface area contributed by atoms with Gasteiger partial charge >= 0.3 is 0 Å². The predicted octanol–water partition coefficient (Wildman–Crippen LogP) is 4.24. The molecule has 1 N–H and O–H groups in total. The normalized spacial score (nSPS) is 22.2. The first kappa shape index (κ1) is 12.9. The highest BCUT2D eigenvalue weighted by atomic mass is 16.1. The topological polar surface area (TPSA) is 29.1 Å². The van der Waals surface area contributed by atoms with E-state index in [1.54, 1.807) is 0 Å². The number of benzene rings is 2. The maximum atomic E-state index is 13.1. The number of rotatable bonds is 3. The zero-order valence-corrected chi connectivity index (χ0v) is 11.9. The third-order valence-electron chi connectivity index (χ3n) is 4.44. The smallest absolute Gasteiger partial charge is 0.195 e. The summed E-state index contributed by atoms with van der Waals surface area (Å²) < 4.78 is 0. The summed E-state index contributed by atoms with van der Waals surface area (Å²) in [6, 6.07) is 17.9. The van der Waals surface area contributed by atoms with E-state index in [4.69, 9.17) is 0 Å². The molecule has 1 aliphatic heterocycles. The van der Waals surface area contributed by atoms with Gasteiger partial charge in [-0.1, -0.05) is 62.7 Å². The second-order valence-corrected chi connectivity index (χ2v) is 5.48. The Hall–Kier alpha value is -2.09. The van der Waals surface area contributed by atoms with Gasteiger partial charge in [0.2, 0.25) is 0 Å². The first-order valence-corrected chi connectivity index (χ1v) is 7.17. The molecule has 1 heterocycles. The van der Waals surface area contributed by atoms with E-state index in [0.29, 0.717) is 0 Å². The molecule has 0 radical (unpaired) electrons. The number of para-hydroxylation sites is 1. The van der Waals surface area contributed by atoms with Crippen LogP contribution in [0, 0.1) is 5.92 Å². The fraction of sp³-hybridized carbons (Fsp3) is 0.278. The van der Waals surface area contributed by atoms with E-state index >= 15 is 0 Å². The lowest BCUT2D eigenvalue weighted by Gasteiger charge is -2.35. The Morgan fingerprint density at radius 2 is 1.70 bits per heavy atom. The molecule has 1 aliphatic rings. The van der Waals surface area contributed by atoms with Crippen molar-refractivity contribution in [2.75, 3.05) is 5.32 Å². The van der Waals surface area contributed by atoms with Crippen LogP contribution in [0.5, 0.6) is 0 Å². The molecule has 0 saturated heterocycles. The second kappa shape index (κ2) is 4.78. The lowest BCUT2D eigenvalue weighted by atomic mass is 9.75. The standard InChI is InChI=1S/C18H19NO/c1-3-13(2)18(14-9-5-4-6-10-14)17(20)15-11-7-8-12-16(15)19-18/h4-13,19H,3H2,1-2H3. The number of nitrogens with one attached hydrogen (secondary N) is 1. The molecule has 2 heteroatoms. The van der Waals surface area contributed by atoms with Gasteiger partial charge in [-0.2, -0.15) is 0 Å². The van der Waals surface area contributed by atoms with E-state index in [0.717, 1.165) is 23.2 Å². The zero-order chi connectivity index (χ0) is 14.2. The maximum Gasteiger partial charge on any atom is 0.195 e. The fourth-order valence-corrected chi connectivity index (χ4v) is 3.11. The molecule has 0 aromatic heterocycles. The van der Waals surface area contributed by atoms with Crippen LogP contribution in [0.4, 0.5) is 5.69 Å². The number of anilines is 1. The van der Waals surface area contributed by atoms with Gasteiger partial charge in [0.1, 0.15) is 5.54 Å². The Labute approximate surface area is 119 Å². The van der Waals surface area contributed by atoms with Crippen molar-refractivity contribution in [3.05, 3.63) is 65.7 Å². The SMILES string of the molecule is CCC(C)C1(c2ccccc2)Nc2ccccc2C1=O. The molecular weight excluding hydrogens is 246 g/mol. The highest BCUT2D eigenvalue weighted by molar-refractivity contribution is 6.13. The minimum absolute atomic E-state index is 0.189. The lowest BCUT2D eigenvalue weighted by Crippen LogP contribution is -2.44. The molecule has 0 fully saturated rings. The van der Waals surface area contributed by atoms with Gasteiger partial charge in [-0.15, -0.1) is 0 Å². The summed E-state index contributed by atoms with van der Waals surface area (Å²) in [5.41, 5.74) is 2.17. The number of hydrogen-bond donors (Lipinski definition) is 1. The fourth-order valence-electron chi connectivity index (χ4n) is 3.11. The van der Waals surface area contributed by atoms with Crippen molar-refractivity contribution in [3.63, 3.8) is 0 Å². The second-order valence-electron chi connectivity index (χ2n) is 5.48. The Morgan fingerprint density at radius 1 is 1.05 bits per heavy atom. The summed E-state index contributed by atoms with van der Waals surface area (Å²) in [6.45, 7) is 4.27. The van der Waals surface area contributed by atoms with Crippen LogP contribution < -0.4 is 5.32 Å². The molecule has 0 spiro atoms. The van der Waals surface area contributed by atoms with Crippen molar-refractivity contribution in [2.24, 2.45) is 5.92 Å². The van der Waals surface area contributed by atoms with Crippen molar-refractivity contribution in [3.8, 4) is 0 Å². The number of hydrogen-bond acceptors (Lipinski definition) is 2. The minimum Gasteiger partial charge on any atom is -0.368 e. The van der Waals surface area contributed by atoms with Gasteiger partial charge in [-0.05, 0) is 23.6 Å². The largest absolute Gasteiger partial charge is 0.368 e. The monoisotopic (exact) mass is 265 g/mol. The van der Waals surface area contributed by atoms with E-state index in [-0.39, 0.29) is 11.7 Å². The minimum atomic E-state index is -0.625. The zero-order valence-electron chi connectivity index (χ0n) is 11.9. The van der Waals surface area contributed by atoms with Gasteiger partial charge < -0.3 is 5.32 Å². The van der Waals surface area contributed by atoms with E-state index in [9.17, 15) is 4.79 Å². The van der Waals surface area contributed by atoms with Crippen LogP contribution in [0.1, 0.15) is 36.2 Å². The molecule has 2 aromatic carbocycles. The molecule has 2 unspecified atom stereocenters. The first-order chi connectivity index (χ1) is 9.70. The van der Waals surface area contributed by atoms with E-state index in [1.165, 1.54) is 0 Å². The predicted molar refractivity (Wildman–Crippen MR) is 82.0 cm³/mol. The molecule has 102 valence electrons. The summed E-state index contributed by atoms with van der Waals surface area (Å²) in [6.07, 6.45) is 0.946. The van der Waals surface area contributed by atoms with Crippen molar-refractivity contribution in [2.45, 2.75) is 25.8 Å². The van der Waals surface area contributed by atoms with Crippen LogP contribution in [-0.4, -0.2) is 5.78 Å². The van der Waals surface area contributed by atoms with Gasteiger partial charge in [0.15, 0.2) is 5.78 Å². The third-order valence-corrected chi connectivity index (χ3v) is 4.44. The van der Waals surface area contributed by atoms with Crippen molar-refractivity contribution in [1.82, 2.24) is 0 Å². The van der Waals surface area contributed by atoms with Crippen LogP contribution in [0.15, 0.2) is 54.6 Å². The average molecular weight is 265 g/mol. The summed E-state index contributed by atoms with van der Waals surface area (Å²) in [7, 11) is 0. The van der Waals surface area contributed by atoms with Crippen LogP contribution in [0.3, 0.4) is 0 Å². The molecule has 2 aromatic rings. The van der Waals surface area contributed by atoms with Gasteiger partial charge in [-0.25, -0.2) is 0 Å². The molecule has 0 aliphatic carbocycles. The molecule has 2 atom stereocenters. The summed E-state index contributed by atoms with van der Waals surface area (Å²) in [4.78, 5) is 13.1. The quantitative estimate of drug-likeness (QED) is 0.899. The Kier molecular flexibility index (Phi) is 3.09. The lowest BCUT2D eigenvalue weighted by molar-refractivity contribution is 0.0870. The number of fused-ring (bicyclic) bond motifs is 1. The Bertz CT molecular complexity index is 635. The molecule has 0 bridgehead atoms. The molecular formula is C18H19NO. The molecule has 0 saturated carbocycles. The number of carbonyl (C=O) groups excluding carboxylic acids is 1. The van der Waals surface area contributed by atoms with Gasteiger partial charge in [-0.3, -0.25) is 4.79 Å². The summed E-state index contributed by atoms with van der Waals surface area (Å²) >= 11 is 0. The first-order valence-electron chi connectivity index (χ1n) is 7.17. The highest BCUT2D eigenvalue weighted by Crippen LogP contribution is 2.44. The molecule has 0 amide bonds. The van der Waals surface area contributed by atoms with Crippen molar-refractivity contribution < 1.29 is 4.79 Å². The van der Waals surface area contributed by atoms with Gasteiger partial charge in [0.05, 0.1) is 0 Å². The van der Waals surface area contributed by atoms with Crippen LogP contribution in [0.2, 0.25) is 0 Å². The van der Waals surface area contributed by atoms with E-state index in [1.807, 2.05) is 54.6 Å². The summed E-state index contributed by atoms with van der Waals surface area (Å²) in [5.74, 6) is 0.415.